The minimum Gasteiger partial charge on any atom is -0.392 e. The first-order chi connectivity index (χ1) is 8.51. The minimum absolute atomic E-state index is 0.0108. The van der Waals surface area contributed by atoms with Gasteiger partial charge in [-0.15, -0.1) is 11.8 Å². The number of aliphatic hydroxyl groups is 1. The molecule has 1 aromatic carbocycles. The zero-order chi connectivity index (χ0) is 13.4. The predicted octanol–water partition coefficient (Wildman–Crippen LogP) is 3.24. The van der Waals surface area contributed by atoms with E-state index in [1.807, 2.05) is 24.3 Å². The number of ether oxygens (including phenoxy) is 1. The zero-order valence-corrected chi connectivity index (χ0v) is 10.6. The molecule has 0 aliphatic heterocycles. The molecule has 0 amide bonds. The number of thioether (sulfide) groups is 1. The van der Waals surface area contributed by atoms with E-state index in [0.717, 1.165) is 10.5 Å². The molecule has 6 heteroatoms. The molecule has 0 saturated carbocycles. The van der Waals surface area contributed by atoms with Gasteiger partial charge in [0.25, 0.3) is 0 Å². The van der Waals surface area contributed by atoms with Crippen molar-refractivity contribution in [2.75, 3.05) is 19.0 Å². The quantitative estimate of drug-likeness (QED) is 0.614. The summed E-state index contributed by atoms with van der Waals surface area (Å²) in [4.78, 5) is 0.998. The first-order valence-electron chi connectivity index (χ1n) is 5.48. The molecule has 0 fully saturated rings. The van der Waals surface area contributed by atoms with Crippen molar-refractivity contribution in [3.8, 4) is 0 Å². The maximum atomic E-state index is 11.8. The van der Waals surface area contributed by atoms with E-state index in [9.17, 15) is 13.2 Å². The van der Waals surface area contributed by atoms with Gasteiger partial charge in [-0.1, -0.05) is 12.1 Å². The first kappa shape index (κ1) is 15.3. The van der Waals surface area contributed by atoms with Crippen molar-refractivity contribution >= 4 is 11.8 Å². The van der Waals surface area contributed by atoms with Gasteiger partial charge in [0, 0.05) is 17.3 Å². The van der Waals surface area contributed by atoms with E-state index in [-0.39, 0.29) is 13.2 Å². The third-order valence-electron chi connectivity index (χ3n) is 2.05. The molecule has 2 nitrogen and oxygen atoms in total. The second-order valence-corrected chi connectivity index (χ2v) is 4.84. The molecular weight excluding hydrogens is 265 g/mol. The van der Waals surface area contributed by atoms with Crippen molar-refractivity contribution in [2.24, 2.45) is 0 Å². The number of hydrogen-bond donors (Lipinski definition) is 1. The van der Waals surface area contributed by atoms with E-state index in [1.54, 1.807) is 0 Å². The van der Waals surface area contributed by atoms with Gasteiger partial charge in [0.05, 0.1) is 6.61 Å². The smallest absolute Gasteiger partial charge is 0.392 e. The fourth-order valence-electron chi connectivity index (χ4n) is 1.27. The van der Waals surface area contributed by atoms with Gasteiger partial charge in [0.1, 0.15) is 6.61 Å². The van der Waals surface area contributed by atoms with Crippen LogP contribution in [-0.4, -0.2) is 30.2 Å². The van der Waals surface area contributed by atoms with Crippen molar-refractivity contribution < 1.29 is 23.0 Å². The molecule has 0 unspecified atom stereocenters. The van der Waals surface area contributed by atoms with E-state index in [2.05, 4.69) is 4.74 Å². The van der Waals surface area contributed by atoms with E-state index in [4.69, 9.17) is 5.11 Å². The number of aliphatic hydroxyl groups excluding tert-OH is 1. The standard InChI is InChI=1S/C12H15F3O2S/c13-12(14,15)9-17-5-2-6-18-11-4-1-3-10(7-11)8-16/h1,3-4,7,16H,2,5-6,8-9H2. The molecule has 1 N–H and O–H groups in total. The molecule has 0 heterocycles. The van der Waals surface area contributed by atoms with Gasteiger partial charge < -0.3 is 9.84 Å². The fourth-order valence-corrected chi connectivity index (χ4v) is 2.18. The third kappa shape index (κ3) is 6.88. The lowest BCUT2D eigenvalue weighted by Crippen LogP contribution is -2.17. The van der Waals surface area contributed by atoms with Crippen molar-refractivity contribution in [3.05, 3.63) is 29.8 Å². The van der Waals surface area contributed by atoms with Crippen LogP contribution in [0.1, 0.15) is 12.0 Å². The molecule has 18 heavy (non-hydrogen) atoms. The van der Waals surface area contributed by atoms with Crippen LogP contribution < -0.4 is 0 Å². The molecule has 0 aliphatic carbocycles. The Morgan fingerprint density at radius 2 is 2.06 bits per heavy atom. The van der Waals surface area contributed by atoms with Gasteiger partial charge in [-0.3, -0.25) is 0 Å². The number of hydrogen-bond acceptors (Lipinski definition) is 3. The van der Waals surface area contributed by atoms with Gasteiger partial charge in [0.2, 0.25) is 0 Å². The highest BCUT2D eigenvalue weighted by Gasteiger charge is 2.27. The van der Waals surface area contributed by atoms with E-state index >= 15 is 0 Å². The topological polar surface area (TPSA) is 29.5 Å². The molecular formula is C12H15F3O2S. The van der Waals surface area contributed by atoms with Crippen LogP contribution in [0.4, 0.5) is 13.2 Å². The summed E-state index contributed by atoms with van der Waals surface area (Å²) in [5.74, 6) is 0.687. The Labute approximate surface area is 108 Å². The molecule has 0 radical (unpaired) electrons. The predicted molar refractivity (Wildman–Crippen MR) is 64.6 cm³/mol. The first-order valence-corrected chi connectivity index (χ1v) is 6.47. The Morgan fingerprint density at radius 3 is 2.72 bits per heavy atom. The third-order valence-corrected chi connectivity index (χ3v) is 3.13. The summed E-state index contributed by atoms with van der Waals surface area (Å²) in [7, 11) is 0. The summed E-state index contributed by atoms with van der Waals surface area (Å²) in [6, 6.07) is 7.42. The molecule has 0 aromatic heterocycles. The normalized spacial score (nSPS) is 11.8. The van der Waals surface area contributed by atoms with Crippen LogP contribution in [0.5, 0.6) is 0 Å². The molecule has 1 aromatic rings. The van der Waals surface area contributed by atoms with Crippen molar-refractivity contribution in [2.45, 2.75) is 24.1 Å². The average Bonchev–Trinajstić information content (AvgIpc) is 2.32. The van der Waals surface area contributed by atoms with Gasteiger partial charge in [0.15, 0.2) is 0 Å². The Kier molecular flexibility index (Phi) is 6.52. The van der Waals surface area contributed by atoms with Gasteiger partial charge in [-0.2, -0.15) is 13.2 Å². The summed E-state index contributed by atoms with van der Waals surface area (Å²) in [6.45, 7) is -1.09. The Morgan fingerprint density at radius 1 is 1.28 bits per heavy atom. The molecule has 0 spiro atoms. The van der Waals surface area contributed by atoms with E-state index in [1.165, 1.54) is 11.8 Å². The minimum atomic E-state index is -4.25. The second-order valence-electron chi connectivity index (χ2n) is 3.68. The van der Waals surface area contributed by atoms with Crippen LogP contribution in [0.25, 0.3) is 0 Å². The number of benzene rings is 1. The highest BCUT2D eigenvalue weighted by atomic mass is 32.2. The van der Waals surface area contributed by atoms with E-state index in [0.29, 0.717) is 12.2 Å². The Hall–Kier alpha value is -0.720. The summed E-state index contributed by atoms with van der Waals surface area (Å²) in [6.07, 6.45) is -3.69. The lowest BCUT2D eigenvalue weighted by molar-refractivity contribution is -0.173. The SMILES string of the molecule is OCc1cccc(SCCCOCC(F)(F)F)c1. The Bertz CT molecular complexity index is 355. The molecule has 0 bridgehead atoms. The van der Waals surface area contributed by atoms with E-state index < -0.39 is 12.8 Å². The van der Waals surface area contributed by atoms with Gasteiger partial charge >= 0.3 is 6.18 Å². The molecule has 102 valence electrons. The van der Waals surface area contributed by atoms with Crippen molar-refractivity contribution in [1.29, 1.82) is 0 Å². The fraction of sp³-hybridized carbons (Fsp3) is 0.500. The highest BCUT2D eigenvalue weighted by Crippen LogP contribution is 2.20. The lowest BCUT2D eigenvalue weighted by atomic mass is 10.2. The Balaban J connectivity index is 2.14. The van der Waals surface area contributed by atoms with Crippen LogP contribution in [0, 0.1) is 0 Å². The second kappa shape index (κ2) is 7.66. The lowest BCUT2D eigenvalue weighted by Gasteiger charge is -2.07. The molecule has 0 saturated heterocycles. The van der Waals surface area contributed by atoms with Crippen LogP contribution in [0.2, 0.25) is 0 Å². The number of rotatable bonds is 7. The number of halogens is 3. The van der Waals surface area contributed by atoms with Crippen molar-refractivity contribution in [3.63, 3.8) is 0 Å². The largest absolute Gasteiger partial charge is 0.411 e. The van der Waals surface area contributed by atoms with Gasteiger partial charge in [-0.25, -0.2) is 0 Å². The van der Waals surface area contributed by atoms with Crippen LogP contribution >= 0.6 is 11.8 Å². The summed E-state index contributed by atoms with van der Waals surface area (Å²) < 4.78 is 39.8. The maximum Gasteiger partial charge on any atom is 0.411 e. The summed E-state index contributed by atoms with van der Waals surface area (Å²) >= 11 is 1.54. The molecule has 0 aliphatic rings. The summed E-state index contributed by atoms with van der Waals surface area (Å²) in [5, 5.41) is 8.94. The average molecular weight is 280 g/mol. The summed E-state index contributed by atoms with van der Waals surface area (Å²) in [5.41, 5.74) is 0.827. The van der Waals surface area contributed by atoms with Crippen LogP contribution in [0.15, 0.2) is 29.2 Å². The highest BCUT2D eigenvalue weighted by molar-refractivity contribution is 7.99. The maximum absolute atomic E-state index is 11.8. The number of alkyl halides is 3. The van der Waals surface area contributed by atoms with Crippen LogP contribution in [0.3, 0.4) is 0 Å². The van der Waals surface area contributed by atoms with Crippen molar-refractivity contribution in [1.82, 2.24) is 0 Å². The van der Waals surface area contributed by atoms with Gasteiger partial charge in [-0.05, 0) is 24.1 Å². The monoisotopic (exact) mass is 280 g/mol. The molecule has 1 rings (SSSR count). The molecule has 0 atom stereocenters. The van der Waals surface area contributed by atoms with Crippen LogP contribution in [-0.2, 0) is 11.3 Å². The zero-order valence-electron chi connectivity index (χ0n) is 9.74.